The molecule has 0 spiro atoms. The summed E-state index contributed by atoms with van der Waals surface area (Å²) in [6.45, 7) is 0.247. The molecule has 0 bridgehead atoms. The number of thiazole rings is 1. The van der Waals surface area contributed by atoms with Gasteiger partial charge in [0, 0.05) is 17.8 Å². The van der Waals surface area contributed by atoms with E-state index in [-0.39, 0.29) is 6.54 Å². The van der Waals surface area contributed by atoms with Crippen molar-refractivity contribution >= 4 is 22.7 Å². The van der Waals surface area contributed by atoms with Gasteiger partial charge in [-0.25, -0.2) is 19.7 Å². The number of aromatic nitrogens is 5. The second kappa shape index (κ2) is 5.86. The van der Waals surface area contributed by atoms with Crippen LogP contribution in [0.1, 0.15) is 5.69 Å². The minimum Gasteiger partial charge on any atom is -0.387 e. The van der Waals surface area contributed by atoms with E-state index in [0.29, 0.717) is 22.4 Å². The molecule has 4 rings (SSSR count). The molecule has 0 amide bonds. The van der Waals surface area contributed by atoms with Gasteiger partial charge in [0.25, 0.3) is 5.89 Å². The first-order chi connectivity index (χ1) is 11.3. The Bertz CT molecular complexity index is 972. The first kappa shape index (κ1) is 14.0. The van der Waals surface area contributed by atoms with Crippen molar-refractivity contribution in [3.05, 3.63) is 57.6 Å². The van der Waals surface area contributed by atoms with Crippen molar-refractivity contribution in [2.75, 3.05) is 0 Å². The van der Waals surface area contributed by atoms with Gasteiger partial charge in [0.15, 0.2) is 10.8 Å². The summed E-state index contributed by atoms with van der Waals surface area (Å²) < 4.78 is 6.44. The van der Waals surface area contributed by atoms with Crippen molar-refractivity contribution < 1.29 is 4.42 Å². The van der Waals surface area contributed by atoms with Crippen molar-refractivity contribution in [1.29, 1.82) is 0 Å². The standard InChI is InChI=1S/C14H9N5O2S2/c20-14-19(18-12(21-14)10-3-1-6-22-10)7-9-8-23-13(17-9)11-15-4-2-5-16-11/h1-6,8H,7H2. The molecule has 23 heavy (non-hydrogen) atoms. The van der Waals surface area contributed by atoms with Crippen LogP contribution in [-0.2, 0) is 6.54 Å². The van der Waals surface area contributed by atoms with Crippen molar-refractivity contribution in [2.45, 2.75) is 6.54 Å². The second-order valence-corrected chi connectivity index (χ2v) is 6.33. The highest BCUT2D eigenvalue weighted by Gasteiger charge is 2.13. The second-order valence-electron chi connectivity index (χ2n) is 4.52. The molecule has 0 atom stereocenters. The first-order valence-electron chi connectivity index (χ1n) is 6.63. The average Bonchev–Trinajstić information content (AvgIpc) is 3.31. The van der Waals surface area contributed by atoms with Gasteiger partial charge in [-0.15, -0.1) is 27.8 Å². The number of thiophene rings is 1. The van der Waals surface area contributed by atoms with E-state index in [4.69, 9.17) is 4.42 Å². The third-order valence-electron chi connectivity index (χ3n) is 2.96. The predicted molar refractivity (Wildman–Crippen MR) is 86.3 cm³/mol. The summed E-state index contributed by atoms with van der Waals surface area (Å²) in [5.41, 5.74) is 0.714. The normalized spacial score (nSPS) is 11.0. The molecule has 0 radical (unpaired) electrons. The highest BCUT2D eigenvalue weighted by molar-refractivity contribution is 7.13. The van der Waals surface area contributed by atoms with E-state index in [1.54, 1.807) is 18.5 Å². The van der Waals surface area contributed by atoms with E-state index in [1.165, 1.54) is 27.4 Å². The van der Waals surface area contributed by atoms with E-state index in [9.17, 15) is 4.79 Å². The Hall–Kier alpha value is -2.65. The van der Waals surface area contributed by atoms with Gasteiger partial charge in [-0.05, 0) is 17.5 Å². The molecule has 114 valence electrons. The zero-order chi connectivity index (χ0) is 15.6. The van der Waals surface area contributed by atoms with E-state index < -0.39 is 5.76 Å². The summed E-state index contributed by atoms with van der Waals surface area (Å²) in [7, 11) is 0. The predicted octanol–water partition coefficient (Wildman–Crippen LogP) is 2.53. The first-order valence-corrected chi connectivity index (χ1v) is 8.39. The summed E-state index contributed by atoms with van der Waals surface area (Å²) in [6.07, 6.45) is 3.33. The van der Waals surface area contributed by atoms with Crippen LogP contribution in [0.2, 0.25) is 0 Å². The SMILES string of the molecule is O=c1oc(-c2cccs2)nn1Cc1csc(-c2ncccn2)n1. The molecule has 7 nitrogen and oxygen atoms in total. The van der Waals surface area contributed by atoms with Crippen LogP contribution in [0.4, 0.5) is 0 Å². The zero-order valence-corrected chi connectivity index (χ0v) is 13.3. The number of hydrogen-bond acceptors (Lipinski definition) is 8. The maximum atomic E-state index is 11.9. The minimum absolute atomic E-state index is 0.247. The molecule has 0 aromatic carbocycles. The fourth-order valence-electron chi connectivity index (χ4n) is 1.95. The molecule has 0 unspecified atom stereocenters. The van der Waals surface area contributed by atoms with Gasteiger partial charge < -0.3 is 4.42 Å². The van der Waals surface area contributed by atoms with Gasteiger partial charge in [-0.1, -0.05) is 6.07 Å². The summed E-state index contributed by atoms with van der Waals surface area (Å²) in [6, 6.07) is 5.48. The Morgan fingerprint density at radius 2 is 2.04 bits per heavy atom. The Morgan fingerprint density at radius 1 is 1.17 bits per heavy atom. The van der Waals surface area contributed by atoms with Crippen molar-refractivity contribution in [2.24, 2.45) is 0 Å². The lowest BCUT2D eigenvalue weighted by atomic mass is 10.5. The van der Waals surface area contributed by atoms with Gasteiger partial charge in [0.1, 0.15) is 0 Å². The summed E-state index contributed by atoms with van der Waals surface area (Å²) in [4.78, 5) is 25.5. The highest BCUT2D eigenvalue weighted by atomic mass is 32.1. The molecular weight excluding hydrogens is 334 g/mol. The highest BCUT2D eigenvalue weighted by Crippen LogP contribution is 2.22. The lowest BCUT2D eigenvalue weighted by Gasteiger charge is -1.94. The van der Waals surface area contributed by atoms with E-state index >= 15 is 0 Å². The maximum absolute atomic E-state index is 11.9. The van der Waals surface area contributed by atoms with Crippen LogP contribution < -0.4 is 5.76 Å². The molecule has 4 aromatic rings. The van der Waals surface area contributed by atoms with Gasteiger partial charge in [-0.3, -0.25) is 0 Å². The van der Waals surface area contributed by atoms with Gasteiger partial charge >= 0.3 is 5.76 Å². The number of hydrogen-bond donors (Lipinski definition) is 0. The topological polar surface area (TPSA) is 86.7 Å². The molecule has 4 heterocycles. The Morgan fingerprint density at radius 3 is 2.83 bits per heavy atom. The molecule has 0 aliphatic rings. The summed E-state index contributed by atoms with van der Waals surface area (Å²) >= 11 is 2.89. The molecular formula is C14H9N5O2S2. The van der Waals surface area contributed by atoms with Gasteiger partial charge in [0.2, 0.25) is 0 Å². The fourth-order valence-corrected chi connectivity index (χ4v) is 3.35. The van der Waals surface area contributed by atoms with E-state index in [1.807, 2.05) is 22.9 Å². The third-order valence-corrected chi connectivity index (χ3v) is 4.70. The summed E-state index contributed by atoms with van der Waals surface area (Å²) in [5, 5.41) is 8.68. The van der Waals surface area contributed by atoms with Crippen LogP contribution in [0.3, 0.4) is 0 Å². The molecule has 0 aliphatic carbocycles. The van der Waals surface area contributed by atoms with Gasteiger partial charge in [0.05, 0.1) is 17.1 Å². The molecule has 0 aliphatic heterocycles. The van der Waals surface area contributed by atoms with Crippen LogP contribution in [0.15, 0.2) is 50.6 Å². The van der Waals surface area contributed by atoms with Crippen molar-refractivity contribution in [3.8, 4) is 21.6 Å². The number of rotatable bonds is 4. The Kier molecular flexibility index (Phi) is 3.56. The monoisotopic (exact) mass is 343 g/mol. The quantitative estimate of drug-likeness (QED) is 0.566. The van der Waals surface area contributed by atoms with Crippen LogP contribution >= 0.6 is 22.7 Å². The maximum Gasteiger partial charge on any atom is 0.437 e. The Balaban J connectivity index is 1.60. The Labute approximate surface area is 137 Å². The average molecular weight is 343 g/mol. The lowest BCUT2D eigenvalue weighted by molar-refractivity contribution is 0.494. The van der Waals surface area contributed by atoms with Crippen LogP contribution in [0, 0.1) is 0 Å². The van der Waals surface area contributed by atoms with Crippen molar-refractivity contribution in [1.82, 2.24) is 24.7 Å². The van der Waals surface area contributed by atoms with Crippen LogP contribution in [0.25, 0.3) is 21.6 Å². The van der Waals surface area contributed by atoms with Crippen LogP contribution in [0.5, 0.6) is 0 Å². The molecule has 0 saturated heterocycles. The number of nitrogens with zero attached hydrogens (tertiary/aromatic N) is 5. The van der Waals surface area contributed by atoms with Crippen LogP contribution in [-0.4, -0.2) is 24.7 Å². The largest absolute Gasteiger partial charge is 0.437 e. The smallest absolute Gasteiger partial charge is 0.387 e. The zero-order valence-electron chi connectivity index (χ0n) is 11.6. The van der Waals surface area contributed by atoms with E-state index in [2.05, 4.69) is 20.1 Å². The molecule has 0 saturated carbocycles. The fraction of sp³-hybridized carbons (Fsp3) is 0.0714. The third kappa shape index (κ3) is 2.83. The van der Waals surface area contributed by atoms with E-state index in [0.717, 1.165) is 4.88 Å². The molecule has 0 N–H and O–H groups in total. The molecule has 4 aromatic heterocycles. The molecule has 9 heteroatoms. The van der Waals surface area contributed by atoms with Gasteiger partial charge in [-0.2, -0.15) is 4.68 Å². The summed E-state index contributed by atoms with van der Waals surface area (Å²) in [5.74, 6) is 0.390. The van der Waals surface area contributed by atoms with Crippen molar-refractivity contribution in [3.63, 3.8) is 0 Å². The minimum atomic E-state index is -0.501. The lowest BCUT2D eigenvalue weighted by Crippen LogP contribution is -2.16. The molecule has 0 fully saturated rings.